The van der Waals surface area contributed by atoms with Gasteiger partial charge < -0.3 is 16.4 Å². The van der Waals surface area contributed by atoms with Crippen molar-refractivity contribution in [3.63, 3.8) is 0 Å². The minimum atomic E-state index is -0.148. The first-order valence-electron chi connectivity index (χ1n) is 6.14. The van der Waals surface area contributed by atoms with Crippen molar-refractivity contribution in [2.45, 2.75) is 0 Å². The quantitative estimate of drug-likeness (QED) is 0.737. The molecule has 0 spiro atoms. The van der Waals surface area contributed by atoms with E-state index < -0.39 is 0 Å². The van der Waals surface area contributed by atoms with Crippen molar-refractivity contribution in [2.24, 2.45) is 0 Å². The zero-order chi connectivity index (χ0) is 14.4. The first-order valence-corrected chi connectivity index (χ1v) is 6.52. The number of carbonyl (C=O) groups excluding carboxylic acids is 1. The Labute approximate surface area is 122 Å². The Balaban J connectivity index is 1.76. The summed E-state index contributed by atoms with van der Waals surface area (Å²) in [5.41, 5.74) is 6.90. The summed E-state index contributed by atoms with van der Waals surface area (Å²) >= 11 is 5.83. The molecule has 5 nitrogen and oxygen atoms in total. The van der Waals surface area contributed by atoms with E-state index in [1.807, 2.05) is 6.07 Å². The molecule has 2 rings (SSSR count). The van der Waals surface area contributed by atoms with Gasteiger partial charge in [0.15, 0.2) is 0 Å². The molecule has 0 unspecified atom stereocenters. The van der Waals surface area contributed by atoms with Crippen molar-refractivity contribution in [3.8, 4) is 0 Å². The average Bonchev–Trinajstić information content (AvgIpc) is 2.45. The maximum atomic E-state index is 11.8. The van der Waals surface area contributed by atoms with Gasteiger partial charge in [0.2, 0.25) is 0 Å². The van der Waals surface area contributed by atoms with Crippen LogP contribution in [0.25, 0.3) is 0 Å². The van der Waals surface area contributed by atoms with Crippen LogP contribution in [-0.4, -0.2) is 24.0 Å². The van der Waals surface area contributed by atoms with Gasteiger partial charge in [-0.1, -0.05) is 17.7 Å². The molecule has 0 aliphatic carbocycles. The topological polar surface area (TPSA) is 80.0 Å². The molecule has 1 heterocycles. The van der Waals surface area contributed by atoms with Crippen LogP contribution in [0.3, 0.4) is 0 Å². The fourth-order valence-electron chi connectivity index (χ4n) is 1.62. The Bertz CT molecular complexity index is 586. The number of anilines is 2. The number of nitrogens with zero attached hydrogens (tertiary/aromatic N) is 1. The van der Waals surface area contributed by atoms with Gasteiger partial charge >= 0.3 is 0 Å². The molecule has 6 heteroatoms. The maximum absolute atomic E-state index is 11.8. The molecule has 0 aliphatic rings. The molecule has 1 aromatic heterocycles. The van der Waals surface area contributed by atoms with Crippen LogP contribution in [0, 0.1) is 0 Å². The van der Waals surface area contributed by atoms with Gasteiger partial charge in [0.25, 0.3) is 5.91 Å². The summed E-state index contributed by atoms with van der Waals surface area (Å²) in [4.78, 5) is 15.8. The minimum Gasteiger partial charge on any atom is -0.384 e. The van der Waals surface area contributed by atoms with E-state index in [2.05, 4.69) is 15.6 Å². The van der Waals surface area contributed by atoms with Gasteiger partial charge in [-0.05, 0) is 30.3 Å². The number of nitrogen functional groups attached to an aromatic ring is 1. The number of pyridine rings is 1. The minimum absolute atomic E-state index is 0.148. The molecule has 4 N–H and O–H groups in total. The lowest BCUT2D eigenvalue weighted by atomic mass is 10.2. The Hall–Kier alpha value is -2.27. The van der Waals surface area contributed by atoms with Crippen molar-refractivity contribution in [1.82, 2.24) is 10.3 Å². The third kappa shape index (κ3) is 4.13. The highest BCUT2D eigenvalue weighted by atomic mass is 35.5. The van der Waals surface area contributed by atoms with E-state index in [1.165, 1.54) is 0 Å². The van der Waals surface area contributed by atoms with Crippen LogP contribution < -0.4 is 16.4 Å². The number of nitrogens with two attached hydrogens (primary N) is 1. The van der Waals surface area contributed by atoms with Gasteiger partial charge in [-0.3, -0.25) is 4.79 Å². The molecule has 0 radical (unpaired) electrons. The van der Waals surface area contributed by atoms with Gasteiger partial charge in [-0.25, -0.2) is 4.98 Å². The summed E-state index contributed by atoms with van der Waals surface area (Å²) in [6.45, 7) is 1.09. The Morgan fingerprint density at radius 3 is 2.80 bits per heavy atom. The number of halogens is 1. The van der Waals surface area contributed by atoms with Crippen LogP contribution in [0.15, 0.2) is 42.6 Å². The van der Waals surface area contributed by atoms with Gasteiger partial charge in [0, 0.05) is 23.7 Å². The Kier molecular flexibility index (Phi) is 4.79. The van der Waals surface area contributed by atoms with E-state index in [0.717, 1.165) is 5.69 Å². The van der Waals surface area contributed by atoms with Gasteiger partial charge in [0.1, 0.15) is 5.82 Å². The summed E-state index contributed by atoms with van der Waals surface area (Å²) in [5, 5.41) is 6.48. The molecule has 0 fully saturated rings. The predicted octanol–water partition coefficient (Wildman–Crippen LogP) is 2.16. The number of aromatic nitrogens is 1. The van der Waals surface area contributed by atoms with Crippen LogP contribution in [0.4, 0.5) is 11.5 Å². The molecule has 1 aromatic carbocycles. The SMILES string of the molecule is Nc1ccc(NCCNC(=O)c2cccc(Cl)c2)cn1. The second kappa shape index (κ2) is 6.77. The Morgan fingerprint density at radius 2 is 2.10 bits per heavy atom. The van der Waals surface area contributed by atoms with E-state index in [1.54, 1.807) is 36.5 Å². The first kappa shape index (κ1) is 14.1. The zero-order valence-corrected chi connectivity index (χ0v) is 11.5. The van der Waals surface area contributed by atoms with Gasteiger partial charge in [-0.2, -0.15) is 0 Å². The summed E-state index contributed by atoms with van der Waals surface area (Å²) in [7, 11) is 0. The van der Waals surface area contributed by atoms with E-state index >= 15 is 0 Å². The van der Waals surface area contributed by atoms with Crippen molar-refractivity contribution in [3.05, 3.63) is 53.2 Å². The lowest BCUT2D eigenvalue weighted by molar-refractivity contribution is 0.0955. The predicted molar refractivity (Wildman–Crippen MR) is 80.9 cm³/mol. The van der Waals surface area contributed by atoms with E-state index in [9.17, 15) is 4.79 Å². The van der Waals surface area contributed by atoms with Crippen LogP contribution in [0.5, 0.6) is 0 Å². The number of nitrogens with one attached hydrogen (secondary N) is 2. The van der Waals surface area contributed by atoms with Crippen LogP contribution in [0.2, 0.25) is 5.02 Å². The smallest absolute Gasteiger partial charge is 0.251 e. The van der Waals surface area contributed by atoms with Crippen molar-refractivity contribution in [2.75, 3.05) is 24.1 Å². The summed E-state index contributed by atoms with van der Waals surface area (Å²) in [5.74, 6) is 0.328. The molecule has 0 atom stereocenters. The highest BCUT2D eigenvalue weighted by molar-refractivity contribution is 6.30. The maximum Gasteiger partial charge on any atom is 0.251 e. The summed E-state index contributed by atoms with van der Waals surface area (Å²) < 4.78 is 0. The second-order valence-electron chi connectivity index (χ2n) is 4.16. The van der Waals surface area contributed by atoms with Crippen molar-refractivity contribution >= 4 is 29.0 Å². The molecule has 104 valence electrons. The molecule has 0 saturated heterocycles. The normalized spacial score (nSPS) is 10.1. The fourth-order valence-corrected chi connectivity index (χ4v) is 1.81. The molecule has 1 amide bonds. The molecule has 0 aliphatic heterocycles. The molecule has 0 bridgehead atoms. The standard InChI is InChI=1S/C14H15ClN4O/c15-11-3-1-2-10(8-11)14(20)18-7-6-17-12-4-5-13(16)19-9-12/h1-5,8-9,17H,6-7H2,(H2,16,19)(H,18,20). The highest BCUT2D eigenvalue weighted by Gasteiger charge is 2.04. The number of hydrogen-bond donors (Lipinski definition) is 3. The zero-order valence-electron chi connectivity index (χ0n) is 10.8. The van der Waals surface area contributed by atoms with E-state index in [4.69, 9.17) is 17.3 Å². The number of rotatable bonds is 5. The van der Waals surface area contributed by atoms with E-state index in [0.29, 0.717) is 29.5 Å². The first-order chi connectivity index (χ1) is 9.65. The van der Waals surface area contributed by atoms with Crippen LogP contribution >= 0.6 is 11.6 Å². The molecular weight excluding hydrogens is 276 g/mol. The third-order valence-electron chi connectivity index (χ3n) is 2.61. The molecule has 2 aromatic rings. The number of carbonyl (C=O) groups is 1. The fraction of sp³-hybridized carbons (Fsp3) is 0.143. The van der Waals surface area contributed by atoms with Crippen molar-refractivity contribution in [1.29, 1.82) is 0 Å². The number of amides is 1. The van der Waals surface area contributed by atoms with Crippen LogP contribution in [0.1, 0.15) is 10.4 Å². The summed E-state index contributed by atoms with van der Waals surface area (Å²) in [6, 6.07) is 10.4. The number of benzene rings is 1. The van der Waals surface area contributed by atoms with Crippen molar-refractivity contribution < 1.29 is 4.79 Å². The number of hydrogen-bond acceptors (Lipinski definition) is 4. The summed E-state index contributed by atoms with van der Waals surface area (Å²) in [6.07, 6.45) is 1.65. The molecular formula is C14H15ClN4O. The average molecular weight is 291 g/mol. The van der Waals surface area contributed by atoms with Gasteiger partial charge in [0.05, 0.1) is 11.9 Å². The van der Waals surface area contributed by atoms with Gasteiger partial charge in [-0.15, -0.1) is 0 Å². The van der Waals surface area contributed by atoms with Crippen LogP contribution in [-0.2, 0) is 0 Å². The lowest BCUT2D eigenvalue weighted by Crippen LogP contribution is -2.28. The third-order valence-corrected chi connectivity index (χ3v) is 2.85. The monoisotopic (exact) mass is 290 g/mol. The lowest BCUT2D eigenvalue weighted by Gasteiger charge is -2.08. The molecule has 20 heavy (non-hydrogen) atoms. The second-order valence-corrected chi connectivity index (χ2v) is 4.60. The highest BCUT2D eigenvalue weighted by Crippen LogP contribution is 2.10. The van der Waals surface area contributed by atoms with E-state index in [-0.39, 0.29) is 5.91 Å². The largest absolute Gasteiger partial charge is 0.384 e. The molecule has 0 saturated carbocycles. The Morgan fingerprint density at radius 1 is 1.25 bits per heavy atom.